The molecular formula is C19H24N2O3. The van der Waals surface area contributed by atoms with E-state index in [1.165, 1.54) is 0 Å². The van der Waals surface area contributed by atoms with E-state index >= 15 is 0 Å². The van der Waals surface area contributed by atoms with E-state index in [1.54, 1.807) is 7.11 Å². The summed E-state index contributed by atoms with van der Waals surface area (Å²) in [5, 5.41) is 10.7. The molecule has 0 saturated carbocycles. The highest BCUT2D eigenvalue weighted by atomic mass is 16.5. The molecule has 1 aromatic carbocycles. The third-order valence-corrected chi connectivity index (χ3v) is 4.87. The van der Waals surface area contributed by atoms with Crippen molar-refractivity contribution in [2.75, 3.05) is 18.6 Å². The first-order chi connectivity index (χ1) is 11.7. The number of piperidine rings is 1. The Kier molecular flexibility index (Phi) is 4.88. The maximum Gasteiger partial charge on any atom is 0.308 e. The van der Waals surface area contributed by atoms with E-state index in [-0.39, 0.29) is 12.0 Å². The van der Waals surface area contributed by atoms with Gasteiger partial charge in [0.05, 0.1) is 24.2 Å². The Labute approximate surface area is 142 Å². The number of para-hydroxylation sites is 1. The average molecular weight is 328 g/mol. The minimum absolute atomic E-state index is 0.0109. The number of rotatable bonds is 5. The topological polar surface area (TPSA) is 62.7 Å². The third-order valence-electron chi connectivity index (χ3n) is 4.87. The van der Waals surface area contributed by atoms with Gasteiger partial charge in [-0.25, -0.2) is 4.98 Å². The highest BCUT2D eigenvalue weighted by Crippen LogP contribution is 2.37. The quantitative estimate of drug-likeness (QED) is 0.906. The highest BCUT2D eigenvalue weighted by molar-refractivity contribution is 5.93. The van der Waals surface area contributed by atoms with Crippen molar-refractivity contribution in [1.82, 2.24) is 4.98 Å². The molecule has 5 nitrogen and oxygen atoms in total. The molecule has 0 spiro atoms. The molecule has 2 aromatic rings. The van der Waals surface area contributed by atoms with E-state index in [2.05, 4.69) is 16.8 Å². The second kappa shape index (κ2) is 7.07. The Bertz CT molecular complexity index is 732. The van der Waals surface area contributed by atoms with Crippen LogP contribution < -0.4 is 9.64 Å². The number of hydrogen-bond donors (Lipinski definition) is 1. The van der Waals surface area contributed by atoms with Gasteiger partial charge in [-0.05, 0) is 25.3 Å². The molecular weight excluding hydrogens is 304 g/mol. The van der Waals surface area contributed by atoms with E-state index in [0.717, 1.165) is 48.8 Å². The largest absolute Gasteiger partial charge is 0.481 e. The molecule has 2 atom stereocenters. The van der Waals surface area contributed by atoms with Crippen LogP contribution in [-0.4, -0.2) is 35.8 Å². The molecule has 1 aliphatic rings. The monoisotopic (exact) mass is 328 g/mol. The molecule has 1 aliphatic heterocycles. The van der Waals surface area contributed by atoms with E-state index in [1.807, 2.05) is 30.3 Å². The number of nitrogens with zero attached hydrogens (tertiary/aromatic N) is 2. The number of carbonyl (C=O) groups is 1. The van der Waals surface area contributed by atoms with Crippen molar-refractivity contribution in [2.24, 2.45) is 5.92 Å². The van der Waals surface area contributed by atoms with Crippen molar-refractivity contribution in [3.8, 4) is 5.88 Å². The third kappa shape index (κ3) is 3.03. The van der Waals surface area contributed by atoms with Gasteiger partial charge in [0.2, 0.25) is 5.88 Å². The first kappa shape index (κ1) is 16.6. The van der Waals surface area contributed by atoms with Gasteiger partial charge in [0, 0.05) is 24.0 Å². The summed E-state index contributed by atoms with van der Waals surface area (Å²) in [5.74, 6) is -0.448. The molecule has 0 radical (unpaired) electrons. The van der Waals surface area contributed by atoms with E-state index in [0.29, 0.717) is 5.88 Å². The van der Waals surface area contributed by atoms with Crippen LogP contribution in [-0.2, 0) is 4.79 Å². The van der Waals surface area contributed by atoms with Crippen molar-refractivity contribution >= 4 is 22.6 Å². The number of ether oxygens (including phenoxy) is 1. The molecule has 0 aliphatic carbocycles. The summed E-state index contributed by atoms with van der Waals surface area (Å²) in [6, 6.07) is 9.91. The minimum Gasteiger partial charge on any atom is -0.481 e. The summed E-state index contributed by atoms with van der Waals surface area (Å²) < 4.78 is 5.37. The van der Waals surface area contributed by atoms with Gasteiger partial charge in [-0.2, -0.15) is 0 Å². The summed E-state index contributed by atoms with van der Waals surface area (Å²) >= 11 is 0. The lowest BCUT2D eigenvalue weighted by Crippen LogP contribution is -2.48. The van der Waals surface area contributed by atoms with E-state index in [4.69, 9.17) is 4.74 Å². The van der Waals surface area contributed by atoms with Crippen molar-refractivity contribution in [3.05, 3.63) is 30.3 Å². The van der Waals surface area contributed by atoms with Gasteiger partial charge in [-0.15, -0.1) is 0 Å². The zero-order chi connectivity index (χ0) is 17.1. The molecule has 3 rings (SSSR count). The van der Waals surface area contributed by atoms with Crippen LogP contribution in [0.25, 0.3) is 10.9 Å². The normalized spacial score (nSPS) is 21.0. The number of anilines is 1. The summed E-state index contributed by atoms with van der Waals surface area (Å²) in [6.07, 6.45) is 3.47. The van der Waals surface area contributed by atoms with Crippen LogP contribution in [0, 0.1) is 5.92 Å². The summed E-state index contributed by atoms with van der Waals surface area (Å²) in [7, 11) is 1.61. The highest BCUT2D eigenvalue weighted by Gasteiger charge is 2.36. The second-order valence-corrected chi connectivity index (χ2v) is 6.34. The molecule has 24 heavy (non-hydrogen) atoms. The van der Waals surface area contributed by atoms with Crippen LogP contribution in [0.1, 0.15) is 32.6 Å². The second-order valence-electron chi connectivity index (χ2n) is 6.34. The van der Waals surface area contributed by atoms with Crippen LogP contribution in [0.15, 0.2) is 30.3 Å². The van der Waals surface area contributed by atoms with E-state index < -0.39 is 5.97 Å². The Morgan fingerprint density at radius 3 is 2.92 bits per heavy atom. The maximum absolute atomic E-state index is 11.7. The average Bonchev–Trinajstić information content (AvgIpc) is 2.61. The van der Waals surface area contributed by atoms with Gasteiger partial charge in [-0.1, -0.05) is 31.5 Å². The van der Waals surface area contributed by atoms with Crippen molar-refractivity contribution in [1.29, 1.82) is 0 Å². The molecule has 1 aromatic heterocycles. The fourth-order valence-corrected chi connectivity index (χ4v) is 3.77. The van der Waals surface area contributed by atoms with Crippen LogP contribution in [0.5, 0.6) is 5.88 Å². The molecule has 128 valence electrons. The first-order valence-electron chi connectivity index (χ1n) is 8.59. The van der Waals surface area contributed by atoms with Gasteiger partial charge in [0.1, 0.15) is 0 Å². The maximum atomic E-state index is 11.7. The molecule has 1 fully saturated rings. The number of carboxylic acids is 1. The van der Waals surface area contributed by atoms with Gasteiger partial charge >= 0.3 is 5.97 Å². The Morgan fingerprint density at radius 1 is 1.42 bits per heavy atom. The number of aromatic nitrogens is 1. The number of fused-ring (bicyclic) bond motifs is 1. The fourth-order valence-electron chi connectivity index (χ4n) is 3.77. The van der Waals surface area contributed by atoms with Crippen molar-refractivity contribution < 1.29 is 14.6 Å². The zero-order valence-corrected chi connectivity index (χ0v) is 14.2. The number of aliphatic carboxylic acids is 1. The standard InChI is InChI=1S/C19H24N2O3/c1-3-7-16-14(19(22)23)9-6-11-21(16)17-12-18(24-2)20-15-10-5-4-8-13(15)17/h4-5,8,10,12,14,16H,3,6-7,9,11H2,1-2H3,(H,22,23). The van der Waals surface area contributed by atoms with Gasteiger partial charge in [0.25, 0.3) is 0 Å². The van der Waals surface area contributed by atoms with Crippen LogP contribution >= 0.6 is 0 Å². The zero-order valence-electron chi connectivity index (χ0n) is 14.2. The minimum atomic E-state index is -0.691. The lowest BCUT2D eigenvalue weighted by atomic mass is 9.86. The van der Waals surface area contributed by atoms with E-state index in [9.17, 15) is 9.90 Å². The predicted octanol–water partition coefficient (Wildman–Crippen LogP) is 3.71. The van der Waals surface area contributed by atoms with Gasteiger partial charge in [0.15, 0.2) is 0 Å². The number of pyridine rings is 1. The first-order valence-corrected chi connectivity index (χ1v) is 8.59. The summed E-state index contributed by atoms with van der Waals surface area (Å²) in [5.41, 5.74) is 1.90. The molecule has 1 saturated heterocycles. The number of carboxylic acid groups (broad SMARTS) is 1. The Balaban J connectivity index is 2.11. The Hall–Kier alpha value is -2.30. The van der Waals surface area contributed by atoms with Crippen molar-refractivity contribution in [3.63, 3.8) is 0 Å². The molecule has 2 unspecified atom stereocenters. The number of hydrogen-bond acceptors (Lipinski definition) is 4. The fraction of sp³-hybridized carbons (Fsp3) is 0.474. The Morgan fingerprint density at radius 2 is 2.21 bits per heavy atom. The van der Waals surface area contributed by atoms with Gasteiger partial charge in [-0.3, -0.25) is 4.79 Å². The molecule has 1 N–H and O–H groups in total. The van der Waals surface area contributed by atoms with Crippen molar-refractivity contribution in [2.45, 2.75) is 38.6 Å². The van der Waals surface area contributed by atoms with Crippen LogP contribution in [0.2, 0.25) is 0 Å². The lowest BCUT2D eigenvalue weighted by molar-refractivity contribution is -0.143. The summed E-state index contributed by atoms with van der Waals surface area (Å²) in [4.78, 5) is 18.5. The predicted molar refractivity (Wildman–Crippen MR) is 94.7 cm³/mol. The van der Waals surface area contributed by atoms with Crippen LogP contribution in [0.4, 0.5) is 5.69 Å². The molecule has 0 amide bonds. The number of benzene rings is 1. The molecule has 0 bridgehead atoms. The lowest BCUT2D eigenvalue weighted by Gasteiger charge is -2.41. The smallest absolute Gasteiger partial charge is 0.308 e. The SMILES string of the molecule is CCCC1C(C(=O)O)CCCN1c1cc(OC)nc2ccccc12. The van der Waals surface area contributed by atoms with Crippen LogP contribution in [0.3, 0.4) is 0 Å². The van der Waals surface area contributed by atoms with Gasteiger partial charge < -0.3 is 14.7 Å². The molecule has 5 heteroatoms. The number of methoxy groups -OCH3 is 1. The molecule has 2 heterocycles. The summed E-state index contributed by atoms with van der Waals surface area (Å²) in [6.45, 7) is 2.97.